The summed E-state index contributed by atoms with van der Waals surface area (Å²) in [5, 5.41) is 2.08. The number of alkyl halides is 3. The summed E-state index contributed by atoms with van der Waals surface area (Å²) in [4.78, 5) is 12.2. The van der Waals surface area contributed by atoms with Gasteiger partial charge in [0.1, 0.15) is 22.9 Å². The van der Waals surface area contributed by atoms with Crippen molar-refractivity contribution in [3.05, 3.63) is 53.6 Å². The highest BCUT2D eigenvalue weighted by atomic mass is 32.2. The summed E-state index contributed by atoms with van der Waals surface area (Å²) in [6.07, 6.45) is -1.67. The Labute approximate surface area is 187 Å². The highest BCUT2D eigenvalue weighted by Gasteiger charge is 2.30. The van der Waals surface area contributed by atoms with Crippen molar-refractivity contribution < 1.29 is 39.9 Å². The smallest absolute Gasteiger partial charge is 0.422 e. The maximum atomic E-state index is 14.0. The minimum atomic E-state index is -4.71. The zero-order valence-electron chi connectivity index (χ0n) is 17.3. The van der Waals surface area contributed by atoms with E-state index in [9.17, 15) is 35.2 Å². The van der Waals surface area contributed by atoms with Gasteiger partial charge in [-0.15, -0.1) is 0 Å². The summed E-state index contributed by atoms with van der Waals surface area (Å²) in [7, 11) is -4.03. The van der Waals surface area contributed by atoms with Gasteiger partial charge in [0.05, 0.1) is 10.6 Å². The van der Waals surface area contributed by atoms with Gasteiger partial charge in [-0.25, -0.2) is 17.2 Å². The van der Waals surface area contributed by atoms with E-state index in [-0.39, 0.29) is 18.0 Å². The van der Waals surface area contributed by atoms with Gasteiger partial charge in [-0.2, -0.15) is 17.5 Å². The van der Waals surface area contributed by atoms with Crippen molar-refractivity contribution in [2.75, 3.05) is 25.0 Å². The standard InChI is InChI=1S/C21H21F5N2O4S/c22-15-6-5-7-16(23)19(15)20(29)27-17-12-14(8-9-18(17)32-13-21(24,25)26)33(30,31)28-10-3-1-2-4-11-28/h5-9,12H,1-4,10-11,13H2,(H,27,29). The van der Waals surface area contributed by atoms with Crippen molar-refractivity contribution in [1.29, 1.82) is 0 Å². The number of rotatable bonds is 6. The number of benzene rings is 2. The van der Waals surface area contributed by atoms with Gasteiger partial charge in [-0.05, 0) is 43.2 Å². The van der Waals surface area contributed by atoms with Crippen molar-refractivity contribution in [3.8, 4) is 5.75 Å². The lowest BCUT2D eigenvalue weighted by molar-refractivity contribution is -0.153. The topological polar surface area (TPSA) is 75.7 Å². The first-order valence-electron chi connectivity index (χ1n) is 10.1. The zero-order chi connectivity index (χ0) is 24.2. The molecule has 180 valence electrons. The number of sulfonamides is 1. The van der Waals surface area contributed by atoms with Crippen molar-refractivity contribution in [1.82, 2.24) is 4.31 Å². The van der Waals surface area contributed by atoms with Crippen LogP contribution >= 0.6 is 0 Å². The summed E-state index contributed by atoms with van der Waals surface area (Å²) in [5.74, 6) is -4.21. The lowest BCUT2D eigenvalue weighted by atomic mass is 10.1. The Morgan fingerprint density at radius 2 is 1.61 bits per heavy atom. The van der Waals surface area contributed by atoms with E-state index >= 15 is 0 Å². The number of hydrogen-bond donors (Lipinski definition) is 1. The van der Waals surface area contributed by atoms with Crippen molar-refractivity contribution in [2.45, 2.75) is 36.8 Å². The van der Waals surface area contributed by atoms with Crippen LogP contribution in [0, 0.1) is 11.6 Å². The third kappa shape index (κ3) is 6.20. The van der Waals surface area contributed by atoms with Crippen LogP contribution in [0.2, 0.25) is 0 Å². The van der Waals surface area contributed by atoms with E-state index in [1.54, 1.807) is 0 Å². The molecule has 12 heteroatoms. The summed E-state index contributed by atoms with van der Waals surface area (Å²) in [5.41, 5.74) is -1.44. The fraction of sp³-hybridized carbons (Fsp3) is 0.381. The number of ether oxygens (including phenoxy) is 1. The molecule has 0 atom stereocenters. The molecule has 6 nitrogen and oxygen atoms in total. The predicted octanol–water partition coefficient (Wildman–Crippen LogP) is 4.72. The van der Waals surface area contributed by atoms with E-state index in [0.29, 0.717) is 12.8 Å². The maximum absolute atomic E-state index is 14.0. The van der Waals surface area contributed by atoms with Crippen LogP contribution in [0.5, 0.6) is 5.75 Å². The molecule has 2 aromatic carbocycles. The van der Waals surface area contributed by atoms with Crippen LogP contribution in [0.4, 0.5) is 27.6 Å². The van der Waals surface area contributed by atoms with Crippen LogP contribution in [0.1, 0.15) is 36.0 Å². The van der Waals surface area contributed by atoms with E-state index < -0.39 is 57.3 Å². The van der Waals surface area contributed by atoms with E-state index in [2.05, 4.69) is 5.32 Å². The fourth-order valence-corrected chi connectivity index (χ4v) is 4.93. The van der Waals surface area contributed by atoms with Crippen LogP contribution in [0.25, 0.3) is 0 Å². The van der Waals surface area contributed by atoms with Gasteiger partial charge in [0.15, 0.2) is 6.61 Å². The normalized spacial score (nSPS) is 15.7. The third-order valence-electron chi connectivity index (χ3n) is 4.98. The van der Waals surface area contributed by atoms with Crippen molar-refractivity contribution in [3.63, 3.8) is 0 Å². The lowest BCUT2D eigenvalue weighted by Crippen LogP contribution is -2.32. The minimum Gasteiger partial charge on any atom is -0.482 e. The van der Waals surface area contributed by atoms with E-state index in [0.717, 1.165) is 49.2 Å². The summed E-state index contributed by atoms with van der Waals surface area (Å²) < 4.78 is 97.9. The van der Waals surface area contributed by atoms with Crippen LogP contribution < -0.4 is 10.1 Å². The summed E-state index contributed by atoms with van der Waals surface area (Å²) in [6, 6.07) is 5.64. The molecule has 1 amide bonds. The van der Waals surface area contributed by atoms with E-state index in [4.69, 9.17) is 4.74 Å². The Hall–Kier alpha value is -2.73. The Kier molecular flexibility index (Phi) is 7.58. The number of halogens is 5. The maximum Gasteiger partial charge on any atom is 0.422 e. The molecule has 0 spiro atoms. The highest BCUT2D eigenvalue weighted by Crippen LogP contribution is 2.32. The second-order valence-electron chi connectivity index (χ2n) is 7.43. The summed E-state index contributed by atoms with van der Waals surface area (Å²) >= 11 is 0. The molecule has 1 saturated heterocycles. The molecule has 1 aliphatic heterocycles. The molecule has 3 rings (SSSR count). The molecule has 0 unspecified atom stereocenters. The molecule has 1 fully saturated rings. The largest absolute Gasteiger partial charge is 0.482 e. The van der Waals surface area contributed by atoms with Crippen LogP contribution in [0.15, 0.2) is 41.3 Å². The predicted molar refractivity (Wildman–Crippen MR) is 110 cm³/mol. The van der Waals surface area contributed by atoms with Gasteiger partial charge in [0.25, 0.3) is 5.91 Å². The number of hydrogen-bond acceptors (Lipinski definition) is 4. The van der Waals surface area contributed by atoms with Gasteiger partial charge in [-0.1, -0.05) is 18.9 Å². The quantitative estimate of drug-likeness (QED) is 0.592. The molecule has 1 N–H and O–H groups in total. The Bertz CT molecular complexity index is 1090. The fourth-order valence-electron chi connectivity index (χ4n) is 3.38. The van der Waals surface area contributed by atoms with Gasteiger partial charge in [0, 0.05) is 13.1 Å². The number of amides is 1. The second kappa shape index (κ2) is 10.0. The monoisotopic (exact) mass is 492 g/mol. The van der Waals surface area contributed by atoms with Gasteiger partial charge >= 0.3 is 6.18 Å². The molecule has 0 radical (unpaired) electrons. The van der Waals surface area contributed by atoms with Gasteiger partial charge in [-0.3, -0.25) is 4.79 Å². The van der Waals surface area contributed by atoms with E-state index in [1.165, 1.54) is 4.31 Å². The first-order valence-corrected chi connectivity index (χ1v) is 11.5. The number of carbonyl (C=O) groups is 1. The molecule has 0 bridgehead atoms. The number of nitrogens with zero attached hydrogens (tertiary/aromatic N) is 1. The van der Waals surface area contributed by atoms with E-state index in [1.807, 2.05) is 0 Å². The Balaban J connectivity index is 1.98. The summed E-state index contributed by atoms with van der Waals surface area (Å²) in [6.45, 7) is -1.17. The van der Waals surface area contributed by atoms with Gasteiger partial charge < -0.3 is 10.1 Å². The van der Waals surface area contributed by atoms with Crippen molar-refractivity contribution >= 4 is 21.6 Å². The average Bonchev–Trinajstić information content (AvgIpc) is 3.02. The molecule has 33 heavy (non-hydrogen) atoms. The Morgan fingerprint density at radius 3 is 2.18 bits per heavy atom. The molecule has 2 aromatic rings. The molecule has 0 aliphatic carbocycles. The molecular weight excluding hydrogens is 471 g/mol. The molecule has 1 aliphatic rings. The SMILES string of the molecule is O=C(Nc1cc(S(=O)(=O)N2CCCCCC2)ccc1OCC(F)(F)F)c1c(F)cccc1F. The Morgan fingerprint density at radius 1 is 1.00 bits per heavy atom. The molecule has 0 saturated carbocycles. The highest BCUT2D eigenvalue weighted by molar-refractivity contribution is 7.89. The number of anilines is 1. The third-order valence-corrected chi connectivity index (χ3v) is 6.88. The van der Waals surface area contributed by atoms with Crippen molar-refractivity contribution in [2.24, 2.45) is 0 Å². The minimum absolute atomic E-state index is 0.275. The molecule has 1 heterocycles. The van der Waals surface area contributed by atoms with Gasteiger partial charge in [0.2, 0.25) is 10.0 Å². The second-order valence-corrected chi connectivity index (χ2v) is 9.37. The molecule has 0 aromatic heterocycles. The van der Waals surface area contributed by atoms with Crippen LogP contribution in [-0.4, -0.2) is 44.5 Å². The first-order chi connectivity index (χ1) is 15.5. The van der Waals surface area contributed by atoms with Crippen LogP contribution in [0.3, 0.4) is 0 Å². The molecular formula is C21H21F5N2O4S. The van der Waals surface area contributed by atoms with Crippen LogP contribution in [-0.2, 0) is 10.0 Å². The average molecular weight is 492 g/mol. The zero-order valence-corrected chi connectivity index (χ0v) is 18.1. The first kappa shape index (κ1) is 24.9. The lowest BCUT2D eigenvalue weighted by Gasteiger charge is -2.21. The number of carbonyl (C=O) groups excluding carboxylic acids is 1. The number of nitrogens with one attached hydrogen (secondary N) is 1.